The lowest BCUT2D eigenvalue weighted by Crippen LogP contribution is -2.05. The molecule has 0 amide bonds. The minimum absolute atomic E-state index is 0.0496. The zero-order valence-corrected chi connectivity index (χ0v) is 38.2. The van der Waals surface area contributed by atoms with Crippen molar-refractivity contribution in [3.05, 3.63) is 95.0 Å². The van der Waals surface area contributed by atoms with Gasteiger partial charge in [0, 0.05) is 33.7 Å². The average Bonchev–Trinajstić information content (AvgIpc) is 3.23. The Bertz CT molecular complexity index is 3500. The van der Waals surface area contributed by atoms with Gasteiger partial charge in [0.25, 0.3) is 40.5 Å². The van der Waals surface area contributed by atoms with Crippen molar-refractivity contribution in [3.8, 4) is 17.5 Å². The van der Waals surface area contributed by atoms with E-state index in [9.17, 15) is 57.0 Å². The number of benzene rings is 6. The van der Waals surface area contributed by atoms with E-state index in [0.29, 0.717) is 0 Å². The minimum Gasteiger partial charge on any atom is -0.494 e. The van der Waals surface area contributed by atoms with Crippen LogP contribution < -0.4 is 20.1 Å². The maximum atomic E-state index is 12.2. The molecule has 0 aliphatic carbocycles. The van der Waals surface area contributed by atoms with Crippen LogP contribution in [-0.2, 0) is 40.5 Å². The summed E-state index contributed by atoms with van der Waals surface area (Å²) in [6.07, 6.45) is 0. The molecule has 1 aromatic heterocycles. The Balaban J connectivity index is 1.16. The SMILES string of the molecule is COc1cc(/N=N/c2cc(S(=O)(=O)O)c3cccc(S(=O)(=O)O)c3c2)c(Cl)cc1Nc1nc(O)nc(Nc2cc(Cl)c(/N=N/c3cc(S(=O)(=O)O)c4cccc(S(=O)(=O)O)c4c3)cc2OC)n1. The van der Waals surface area contributed by atoms with Gasteiger partial charge in [0.15, 0.2) is 0 Å². The minimum atomic E-state index is -4.94. The highest BCUT2D eigenvalue weighted by Gasteiger charge is 2.24. The second-order valence-electron chi connectivity index (χ2n) is 13.4. The van der Waals surface area contributed by atoms with E-state index in [1.54, 1.807) is 0 Å². The van der Waals surface area contributed by atoms with Crippen LogP contribution in [0.25, 0.3) is 21.5 Å². The van der Waals surface area contributed by atoms with E-state index in [1.165, 1.54) is 62.8 Å². The molecule has 0 fully saturated rings. The summed E-state index contributed by atoms with van der Waals surface area (Å²) in [5, 5.41) is 30.9. The lowest BCUT2D eigenvalue weighted by molar-refractivity contribution is 0.416. The van der Waals surface area contributed by atoms with Gasteiger partial charge in [-0.1, -0.05) is 47.5 Å². The van der Waals surface area contributed by atoms with Crippen molar-refractivity contribution in [1.29, 1.82) is 0 Å². The Hall–Kier alpha value is -6.73. The molecule has 0 bridgehead atoms. The van der Waals surface area contributed by atoms with Gasteiger partial charge in [-0.3, -0.25) is 18.2 Å². The first kappa shape index (κ1) is 48.2. The Morgan fingerprint density at radius 3 is 1.21 bits per heavy atom. The summed E-state index contributed by atoms with van der Waals surface area (Å²) in [5.41, 5.74) is -0.411. The molecular weight excluding hydrogens is 1010 g/mol. The van der Waals surface area contributed by atoms with E-state index < -0.39 is 66.1 Å². The monoisotopic (exact) mass is 1030 g/mol. The summed E-state index contributed by atoms with van der Waals surface area (Å²) >= 11 is 13.0. The van der Waals surface area contributed by atoms with Gasteiger partial charge >= 0.3 is 6.01 Å². The molecule has 0 saturated carbocycles. The summed E-state index contributed by atoms with van der Waals surface area (Å²) in [4.78, 5) is 9.21. The van der Waals surface area contributed by atoms with E-state index in [1.807, 2.05) is 0 Å². The Morgan fingerprint density at radius 1 is 0.493 bits per heavy atom. The lowest BCUT2D eigenvalue weighted by Gasteiger charge is -2.14. The van der Waals surface area contributed by atoms with Crippen molar-refractivity contribution in [3.63, 3.8) is 0 Å². The number of aromatic hydroxyl groups is 1. The van der Waals surface area contributed by atoms with E-state index in [-0.39, 0.29) is 89.1 Å². The fourth-order valence-corrected chi connectivity index (χ4v) is 9.57. The number of nitrogens with one attached hydrogen (secondary N) is 2. The lowest BCUT2D eigenvalue weighted by atomic mass is 10.1. The number of methoxy groups -OCH3 is 2. The molecular formula is C37H27Cl2N9O15S4. The molecule has 24 nitrogen and oxygen atoms in total. The van der Waals surface area contributed by atoms with E-state index >= 15 is 0 Å². The van der Waals surface area contributed by atoms with Gasteiger partial charge in [-0.25, -0.2) is 0 Å². The molecule has 0 aliphatic rings. The van der Waals surface area contributed by atoms with Crippen LogP contribution in [0.5, 0.6) is 17.5 Å². The second-order valence-corrected chi connectivity index (χ2v) is 19.8. The first-order chi connectivity index (χ1) is 31.3. The van der Waals surface area contributed by atoms with Crippen LogP contribution in [0.1, 0.15) is 0 Å². The molecule has 1 heterocycles. The van der Waals surface area contributed by atoms with Crippen LogP contribution >= 0.6 is 23.2 Å². The molecule has 67 heavy (non-hydrogen) atoms. The van der Waals surface area contributed by atoms with Gasteiger partial charge in [0.05, 0.1) is 47.0 Å². The summed E-state index contributed by atoms with van der Waals surface area (Å²) in [6.45, 7) is 0. The number of fused-ring (bicyclic) bond motifs is 2. The molecule has 6 aromatic carbocycles. The first-order valence-corrected chi connectivity index (χ1v) is 24.5. The fraction of sp³-hybridized carbons (Fsp3) is 0.0541. The number of nitrogens with zero attached hydrogens (tertiary/aromatic N) is 7. The maximum Gasteiger partial charge on any atom is 0.320 e. The fourth-order valence-electron chi connectivity index (χ4n) is 6.32. The topological polar surface area (TPSA) is 368 Å². The van der Waals surface area contributed by atoms with Crippen molar-refractivity contribution in [2.24, 2.45) is 20.5 Å². The maximum absolute atomic E-state index is 12.2. The molecule has 30 heteroatoms. The number of hydrogen-bond donors (Lipinski definition) is 7. The van der Waals surface area contributed by atoms with Crippen molar-refractivity contribution < 1.29 is 66.5 Å². The van der Waals surface area contributed by atoms with Crippen LogP contribution in [-0.4, -0.2) is 86.2 Å². The van der Waals surface area contributed by atoms with Crippen LogP contribution in [0, 0.1) is 0 Å². The molecule has 0 radical (unpaired) electrons. The largest absolute Gasteiger partial charge is 0.494 e. The van der Waals surface area contributed by atoms with Crippen molar-refractivity contribution in [2.75, 3.05) is 24.9 Å². The summed E-state index contributed by atoms with van der Waals surface area (Å²) < 4.78 is 147. The van der Waals surface area contributed by atoms with Gasteiger partial charge in [-0.2, -0.15) is 58.9 Å². The number of azo groups is 2. The van der Waals surface area contributed by atoms with E-state index in [0.717, 1.165) is 36.4 Å². The molecule has 0 spiro atoms. The third-order valence-electron chi connectivity index (χ3n) is 9.12. The van der Waals surface area contributed by atoms with Crippen molar-refractivity contribution >= 4 is 131 Å². The standard InChI is InChI=1S/C37H27Cl2N9O15S4/c1-62-29-15-25(47-45-17-9-21-19(33(11-17)66(56,57)58)5-3-7-31(21)64(50,51)52)23(38)13-27(29)40-35-42-36(44-37(49)43-35)41-28-14-24(39)26(16-30(28)63-2)48-46-18-10-22-20(34(12-18)67(59,60)61)6-4-8-32(22)65(53,54)55/h3-16H,1-2H3,(H,50,51,52)(H,53,54,55)(H,56,57,58)(H,59,60,61)(H3,40,41,42,43,44,49)/b47-45+,48-46+. The molecule has 7 rings (SSSR count). The summed E-state index contributed by atoms with van der Waals surface area (Å²) in [7, 11) is -17.0. The zero-order valence-electron chi connectivity index (χ0n) is 33.4. The predicted octanol–water partition coefficient (Wildman–Crippen LogP) is 8.51. The third-order valence-corrected chi connectivity index (χ3v) is 13.3. The Labute approximate surface area is 388 Å². The Morgan fingerprint density at radius 2 is 0.866 bits per heavy atom. The molecule has 348 valence electrons. The van der Waals surface area contributed by atoms with Crippen LogP contribution in [0.4, 0.5) is 46.0 Å². The quantitative estimate of drug-likeness (QED) is 0.0396. The van der Waals surface area contributed by atoms with Crippen molar-refractivity contribution in [1.82, 2.24) is 15.0 Å². The summed E-state index contributed by atoms with van der Waals surface area (Å²) in [6, 6.07) is 15.3. The van der Waals surface area contributed by atoms with Crippen LogP contribution in [0.3, 0.4) is 0 Å². The molecule has 0 aliphatic heterocycles. The van der Waals surface area contributed by atoms with Gasteiger partial charge < -0.3 is 25.2 Å². The van der Waals surface area contributed by atoms with Crippen LogP contribution in [0.15, 0.2) is 125 Å². The molecule has 0 saturated heterocycles. The van der Waals surface area contributed by atoms with Gasteiger partial charge in [-0.15, -0.1) is 10.2 Å². The normalized spacial score (nSPS) is 12.6. The van der Waals surface area contributed by atoms with Gasteiger partial charge in [0.1, 0.15) is 42.5 Å². The number of anilines is 4. The van der Waals surface area contributed by atoms with Crippen LogP contribution in [0.2, 0.25) is 10.0 Å². The molecule has 7 N–H and O–H groups in total. The number of rotatable bonds is 14. The second kappa shape index (κ2) is 18.2. The van der Waals surface area contributed by atoms with Gasteiger partial charge in [0.2, 0.25) is 11.9 Å². The smallest absolute Gasteiger partial charge is 0.320 e. The molecule has 0 unspecified atom stereocenters. The Kier molecular flexibility index (Phi) is 13.1. The number of halogens is 2. The van der Waals surface area contributed by atoms with E-state index in [4.69, 9.17) is 32.7 Å². The van der Waals surface area contributed by atoms with Crippen molar-refractivity contribution in [2.45, 2.75) is 19.6 Å². The highest BCUT2D eigenvalue weighted by molar-refractivity contribution is 7.87. The highest BCUT2D eigenvalue weighted by atomic mass is 35.5. The van der Waals surface area contributed by atoms with Gasteiger partial charge in [-0.05, 0) is 48.5 Å². The number of aromatic nitrogens is 3. The third kappa shape index (κ3) is 10.6. The predicted molar refractivity (Wildman–Crippen MR) is 240 cm³/mol. The molecule has 7 aromatic rings. The average molecular weight is 1040 g/mol. The molecule has 0 atom stereocenters. The number of ether oxygens (including phenoxy) is 2. The zero-order chi connectivity index (χ0) is 48.8. The van der Waals surface area contributed by atoms with E-state index in [2.05, 4.69) is 46.0 Å². The first-order valence-electron chi connectivity index (χ1n) is 17.9. The number of hydrogen-bond acceptors (Lipinski definition) is 20. The highest BCUT2D eigenvalue weighted by Crippen LogP contribution is 2.42. The summed E-state index contributed by atoms with van der Waals surface area (Å²) in [5.74, 6) is -0.439.